The summed E-state index contributed by atoms with van der Waals surface area (Å²) in [6.07, 6.45) is 2.66. The van der Waals surface area contributed by atoms with Crippen LogP contribution >= 0.6 is 0 Å². The van der Waals surface area contributed by atoms with Crippen molar-refractivity contribution in [1.82, 2.24) is 0 Å². The third-order valence-electron chi connectivity index (χ3n) is 1.16. The van der Waals surface area contributed by atoms with Crippen LogP contribution in [0.15, 0.2) is 21.4 Å². The fourth-order valence-electron chi connectivity index (χ4n) is 0.546. The van der Waals surface area contributed by atoms with Crippen LogP contribution in [-0.2, 0) is 0 Å². The Morgan fingerprint density at radius 2 is 1.80 bits per heavy atom. The molecule has 0 saturated carbocycles. The molecule has 0 aliphatic heterocycles. The molecule has 0 aromatic carbocycles. The largest absolute Gasteiger partial charge is 1.00 e. The van der Waals surface area contributed by atoms with Crippen LogP contribution in [0.4, 0.5) is 0 Å². The average molecular weight is 366 g/mol. The zero-order valence-corrected chi connectivity index (χ0v) is 11.0. The molecule has 0 aromatic heterocycles. The predicted molar refractivity (Wildman–Crippen MR) is 45.9 cm³/mol. The molecule has 10 heavy (non-hydrogen) atoms. The third-order valence-corrected chi connectivity index (χ3v) is 5.78. The van der Waals surface area contributed by atoms with Crippen LogP contribution in [0.5, 0.6) is 0 Å². The first-order valence-electron chi connectivity index (χ1n) is 3.28. The molecule has 2 heteroatoms. The third kappa shape index (κ3) is 7.11. The summed E-state index contributed by atoms with van der Waals surface area (Å²) < 4.78 is 5.64. The summed E-state index contributed by atoms with van der Waals surface area (Å²) in [5, 5.41) is 0. The number of halogens is 1. The van der Waals surface area contributed by atoms with Gasteiger partial charge in [-0.3, -0.25) is 0 Å². The van der Waals surface area contributed by atoms with Gasteiger partial charge < -0.3 is 24.0 Å². The second-order valence-electron chi connectivity index (χ2n) is 1.86. The summed E-state index contributed by atoms with van der Waals surface area (Å²) in [5.41, 5.74) is 0. The molecule has 0 saturated heterocycles. The topological polar surface area (TPSA) is 0 Å². The summed E-state index contributed by atoms with van der Waals surface area (Å²) in [7, 11) is 0. The molecule has 0 bridgehead atoms. The Morgan fingerprint density at radius 3 is 2.10 bits per heavy atom. The normalized spacial score (nSPS) is 8.60. The quantitative estimate of drug-likeness (QED) is 0.465. The van der Waals surface area contributed by atoms with E-state index in [4.69, 9.17) is 0 Å². The van der Waals surface area contributed by atoms with Crippen LogP contribution in [0.1, 0.15) is 19.8 Å². The second-order valence-corrected chi connectivity index (χ2v) is 7.61. The van der Waals surface area contributed by atoms with Crippen molar-refractivity contribution in [3.8, 4) is 0 Å². The van der Waals surface area contributed by atoms with Crippen LogP contribution in [0.3, 0.4) is 0 Å². The maximum absolute atomic E-state index is 3.79. The molecule has 0 unspecified atom stereocenters. The monoisotopic (exact) mass is 368 g/mol. The first-order chi connectivity index (χ1) is 4.35. The molecule has 0 spiro atoms. The Balaban J connectivity index is 0. The Kier molecular flexibility index (Phi) is 13.6. The van der Waals surface area contributed by atoms with Gasteiger partial charge in [0.2, 0.25) is 0 Å². The maximum atomic E-state index is 3.79. The van der Waals surface area contributed by atoms with Crippen molar-refractivity contribution in [2.45, 2.75) is 24.2 Å². The SMILES string of the molecule is C=C[Te+](C=C)CCCC.[I-]. The Bertz CT molecular complexity index is 83.3. The van der Waals surface area contributed by atoms with Gasteiger partial charge in [-0.1, -0.05) is 0 Å². The van der Waals surface area contributed by atoms with E-state index >= 15 is 0 Å². The molecule has 60 valence electrons. The fraction of sp³-hybridized carbons (Fsp3) is 0.500. The van der Waals surface area contributed by atoms with Crippen LogP contribution < -0.4 is 24.0 Å². The van der Waals surface area contributed by atoms with Gasteiger partial charge in [-0.05, 0) is 0 Å². The molecule has 0 nitrogen and oxygen atoms in total. The van der Waals surface area contributed by atoms with Gasteiger partial charge in [0.15, 0.2) is 0 Å². The predicted octanol–water partition coefficient (Wildman–Crippen LogP) is -0.264. The summed E-state index contributed by atoms with van der Waals surface area (Å²) in [6.45, 7) is 9.80. The zero-order chi connectivity index (χ0) is 7.11. The number of hydrogen-bond donors (Lipinski definition) is 0. The van der Waals surface area contributed by atoms with Gasteiger partial charge in [0.05, 0.1) is 0 Å². The van der Waals surface area contributed by atoms with Crippen LogP contribution in [0.2, 0.25) is 4.47 Å². The van der Waals surface area contributed by atoms with E-state index in [-0.39, 0.29) is 24.0 Å². The zero-order valence-electron chi connectivity index (χ0n) is 6.48. The second kappa shape index (κ2) is 10.00. The fourth-order valence-corrected chi connectivity index (χ4v) is 3.66. The van der Waals surface area contributed by atoms with E-state index < -0.39 is 19.6 Å². The molecule has 0 aliphatic rings. The van der Waals surface area contributed by atoms with Crippen molar-refractivity contribution in [3.05, 3.63) is 21.4 Å². The van der Waals surface area contributed by atoms with Crippen LogP contribution in [0.25, 0.3) is 0 Å². The smallest absolute Gasteiger partial charge is 1.00 e. The van der Waals surface area contributed by atoms with Crippen molar-refractivity contribution in [1.29, 1.82) is 0 Å². The number of unbranched alkanes of at least 4 members (excludes halogenated alkanes) is 1. The Labute approximate surface area is 88.4 Å². The van der Waals surface area contributed by atoms with Crippen LogP contribution in [0, 0.1) is 0 Å². The molecule has 0 rings (SSSR count). The summed E-state index contributed by atoms with van der Waals surface area (Å²) in [6, 6.07) is 0. The van der Waals surface area contributed by atoms with Crippen molar-refractivity contribution in [2.75, 3.05) is 0 Å². The maximum Gasteiger partial charge on any atom is -1.00 e. The van der Waals surface area contributed by atoms with Crippen molar-refractivity contribution in [2.24, 2.45) is 0 Å². The molecule has 0 radical (unpaired) electrons. The Morgan fingerprint density at radius 1 is 1.30 bits per heavy atom. The molecular weight excluding hydrogens is 351 g/mol. The molecule has 0 fully saturated rings. The van der Waals surface area contributed by atoms with E-state index in [2.05, 4.69) is 28.3 Å². The van der Waals surface area contributed by atoms with Crippen molar-refractivity contribution >= 4 is 19.6 Å². The van der Waals surface area contributed by atoms with E-state index in [9.17, 15) is 0 Å². The minimum Gasteiger partial charge on any atom is -1.00 e. The van der Waals surface area contributed by atoms with Crippen molar-refractivity contribution < 1.29 is 24.0 Å². The standard InChI is InChI=1S/C8H15Te.HI/c1-4-7-8-9(5-2)6-3;/h5-6H,2-4,7-8H2,1H3;1H/q+1;/p-1. The van der Waals surface area contributed by atoms with Gasteiger partial charge in [0.1, 0.15) is 0 Å². The molecule has 0 aliphatic carbocycles. The molecule has 0 N–H and O–H groups in total. The number of hydrogen-bond acceptors (Lipinski definition) is 0. The van der Waals surface area contributed by atoms with Crippen molar-refractivity contribution in [3.63, 3.8) is 0 Å². The minimum absolute atomic E-state index is 0. The van der Waals surface area contributed by atoms with Gasteiger partial charge in [0, 0.05) is 0 Å². The van der Waals surface area contributed by atoms with E-state index in [1.165, 1.54) is 17.3 Å². The molecule has 0 atom stereocenters. The minimum atomic E-state index is -0.954. The molecule has 0 heterocycles. The van der Waals surface area contributed by atoms with Gasteiger partial charge in [-0.2, -0.15) is 0 Å². The Hall–Kier alpha value is 1.000. The van der Waals surface area contributed by atoms with E-state index in [1.54, 1.807) is 0 Å². The van der Waals surface area contributed by atoms with E-state index in [0.29, 0.717) is 0 Å². The first kappa shape index (κ1) is 13.6. The van der Waals surface area contributed by atoms with E-state index in [1.807, 2.05) is 0 Å². The average Bonchev–Trinajstić information content (AvgIpc) is 1.91. The first-order valence-corrected chi connectivity index (χ1v) is 7.62. The summed E-state index contributed by atoms with van der Waals surface area (Å²) >= 11 is -0.954. The summed E-state index contributed by atoms with van der Waals surface area (Å²) in [4.78, 5) is 0. The van der Waals surface area contributed by atoms with E-state index in [0.717, 1.165) is 0 Å². The van der Waals surface area contributed by atoms with Gasteiger partial charge >= 0.3 is 65.2 Å². The van der Waals surface area contributed by atoms with Gasteiger partial charge in [-0.25, -0.2) is 0 Å². The molecular formula is C8H15ITe. The number of rotatable bonds is 5. The van der Waals surface area contributed by atoms with Gasteiger partial charge in [0.25, 0.3) is 0 Å². The van der Waals surface area contributed by atoms with Crippen LogP contribution in [-0.4, -0.2) is 19.6 Å². The van der Waals surface area contributed by atoms with Gasteiger partial charge in [-0.15, -0.1) is 0 Å². The molecule has 0 amide bonds. The molecule has 0 aromatic rings. The summed E-state index contributed by atoms with van der Waals surface area (Å²) in [5.74, 6) is 0.